The van der Waals surface area contributed by atoms with Gasteiger partial charge in [-0.3, -0.25) is 0 Å². The predicted octanol–water partition coefficient (Wildman–Crippen LogP) is 4.68. The van der Waals surface area contributed by atoms with Crippen LogP contribution in [-0.2, 0) is 0 Å². The maximum atomic E-state index is 9.49. The molecular weight excluding hydrogens is 316 g/mol. The van der Waals surface area contributed by atoms with E-state index in [1.807, 2.05) is 48.7 Å². The third-order valence-corrected chi connectivity index (χ3v) is 4.24. The van der Waals surface area contributed by atoms with Crippen LogP contribution in [0.2, 0.25) is 0 Å². The third-order valence-electron chi connectivity index (χ3n) is 4.24. The molecule has 0 saturated carbocycles. The van der Waals surface area contributed by atoms with Crippen molar-refractivity contribution in [2.24, 2.45) is 0 Å². The van der Waals surface area contributed by atoms with Gasteiger partial charge in [-0.1, -0.05) is 0 Å². The van der Waals surface area contributed by atoms with Gasteiger partial charge in [-0.15, -0.1) is 0 Å². The van der Waals surface area contributed by atoms with Gasteiger partial charge in [0.25, 0.3) is 0 Å². The minimum Gasteiger partial charge on any atom is -0.508 e. The van der Waals surface area contributed by atoms with Gasteiger partial charge in [0.2, 0.25) is 0 Å². The molecule has 2 aromatic heterocycles. The van der Waals surface area contributed by atoms with E-state index in [1.54, 1.807) is 25.5 Å². The summed E-state index contributed by atoms with van der Waals surface area (Å²) in [4.78, 5) is 3.30. The molecule has 0 aliphatic rings. The first-order chi connectivity index (χ1) is 12.2. The largest absolute Gasteiger partial charge is 0.508 e. The number of ether oxygens (including phenoxy) is 1. The van der Waals surface area contributed by atoms with Crippen LogP contribution in [0.5, 0.6) is 11.5 Å². The van der Waals surface area contributed by atoms with Gasteiger partial charge in [0.05, 0.1) is 13.4 Å². The number of hydrogen-bond acceptors (Lipinski definition) is 4. The minimum atomic E-state index is -0.180. The molecule has 2 heterocycles. The lowest BCUT2D eigenvalue weighted by Crippen LogP contribution is -2.11. The summed E-state index contributed by atoms with van der Waals surface area (Å²) in [6, 6.07) is 16.5. The number of aromatic nitrogens is 1. The van der Waals surface area contributed by atoms with Crippen LogP contribution >= 0.6 is 0 Å². The fourth-order valence-corrected chi connectivity index (χ4v) is 2.97. The average molecular weight is 334 g/mol. The Hall–Kier alpha value is -3.34. The number of methoxy groups -OCH3 is 1. The zero-order chi connectivity index (χ0) is 17.2. The Morgan fingerprint density at radius 1 is 1.12 bits per heavy atom. The lowest BCUT2D eigenvalue weighted by Gasteiger charge is -2.18. The fraction of sp³-hybridized carbons (Fsp3) is 0.100. The Morgan fingerprint density at radius 3 is 2.68 bits per heavy atom. The van der Waals surface area contributed by atoms with Crippen LogP contribution in [-0.4, -0.2) is 17.2 Å². The summed E-state index contributed by atoms with van der Waals surface area (Å²) >= 11 is 0. The number of phenolic OH excluding ortho intramolecular Hbond substituents is 1. The molecule has 5 heteroatoms. The van der Waals surface area contributed by atoms with E-state index in [9.17, 15) is 5.11 Å². The molecule has 3 N–H and O–H groups in total. The van der Waals surface area contributed by atoms with Crippen molar-refractivity contribution >= 4 is 16.6 Å². The molecule has 25 heavy (non-hydrogen) atoms. The number of aromatic amines is 1. The molecule has 0 spiro atoms. The molecule has 126 valence electrons. The van der Waals surface area contributed by atoms with Gasteiger partial charge >= 0.3 is 0 Å². The predicted molar refractivity (Wildman–Crippen MR) is 97.1 cm³/mol. The fourth-order valence-electron chi connectivity index (χ4n) is 2.97. The van der Waals surface area contributed by atoms with Gasteiger partial charge < -0.3 is 24.6 Å². The van der Waals surface area contributed by atoms with E-state index in [-0.39, 0.29) is 11.8 Å². The highest BCUT2D eigenvalue weighted by atomic mass is 16.5. The number of aromatic hydroxyl groups is 1. The van der Waals surface area contributed by atoms with Crippen LogP contribution < -0.4 is 10.1 Å². The lowest BCUT2D eigenvalue weighted by atomic mass is 10.0. The van der Waals surface area contributed by atoms with Crippen molar-refractivity contribution in [1.29, 1.82) is 0 Å². The van der Waals surface area contributed by atoms with Crippen molar-refractivity contribution in [3.63, 3.8) is 0 Å². The first kappa shape index (κ1) is 15.2. The Kier molecular flexibility index (Phi) is 3.82. The van der Waals surface area contributed by atoms with Gasteiger partial charge in [0, 0.05) is 28.4 Å². The quantitative estimate of drug-likeness (QED) is 0.464. The van der Waals surface area contributed by atoms with Crippen LogP contribution in [0, 0.1) is 0 Å². The summed E-state index contributed by atoms with van der Waals surface area (Å²) in [5, 5.41) is 14.0. The first-order valence-electron chi connectivity index (χ1n) is 7.98. The Labute approximate surface area is 144 Å². The van der Waals surface area contributed by atoms with Crippen molar-refractivity contribution < 1.29 is 14.3 Å². The number of benzene rings is 2. The molecule has 0 amide bonds. The molecule has 4 rings (SSSR count). The van der Waals surface area contributed by atoms with E-state index >= 15 is 0 Å². The molecule has 5 nitrogen and oxygen atoms in total. The normalized spacial score (nSPS) is 12.2. The molecule has 0 bridgehead atoms. The van der Waals surface area contributed by atoms with Gasteiger partial charge in [-0.05, 0) is 54.6 Å². The number of H-pyrrole nitrogens is 1. The number of nitrogens with one attached hydrogen (secondary N) is 2. The molecule has 0 saturated heterocycles. The molecule has 2 aromatic carbocycles. The molecule has 1 unspecified atom stereocenters. The lowest BCUT2D eigenvalue weighted by molar-refractivity contribution is 0.415. The number of furan rings is 1. The smallest absolute Gasteiger partial charge is 0.130 e. The van der Waals surface area contributed by atoms with E-state index in [2.05, 4.69) is 10.3 Å². The Morgan fingerprint density at radius 2 is 1.96 bits per heavy atom. The van der Waals surface area contributed by atoms with Crippen molar-refractivity contribution in [2.45, 2.75) is 6.04 Å². The number of anilines is 1. The number of hydrogen-bond donors (Lipinski definition) is 3. The minimum absolute atomic E-state index is 0.180. The van der Waals surface area contributed by atoms with Crippen molar-refractivity contribution in [3.8, 4) is 11.5 Å². The van der Waals surface area contributed by atoms with Crippen LogP contribution in [0.4, 0.5) is 5.69 Å². The van der Waals surface area contributed by atoms with Gasteiger partial charge in [0.15, 0.2) is 0 Å². The van der Waals surface area contributed by atoms with E-state index in [0.717, 1.165) is 33.7 Å². The second-order valence-electron chi connectivity index (χ2n) is 5.80. The van der Waals surface area contributed by atoms with Crippen LogP contribution in [0.25, 0.3) is 10.9 Å². The van der Waals surface area contributed by atoms with E-state index in [4.69, 9.17) is 9.15 Å². The molecule has 0 fully saturated rings. The highest BCUT2D eigenvalue weighted by Crippen LogP contribution is 2.34. The maximum absolute atomic E-state index is 9.49. The third kappa shape index (κ3) is 2.92. The first-order valence-corrected chi connectivity index (χ1v) is 7.98. The van der Waals surface area contributed by atoms with Crippen molar-refractivity contribution in [2.75, 3.05) is 12.4 Å². The van der Waals surface area contributed by atoms with Crippen molar-refractivity contribution in [1.82, 2.24) is 4.98 Å². The van der Waals surface area contributed by atoms with Gasteiger partial charge in [-0.25, -0.2) is 0 Å². The summed E-state index contributed by atoms with van der Waals surface area (Å²) in [6.45, 7) is 0. The number of fused-ring (bicyclic) bond motifs is 1. The molecule has 0 radical (unpaired) electrons. The van der Waals surface area contributed by atoms with Gasteiger partial charge in [0.1, 0.15) is 23.3 Å². The molecule has 0 aliphatic heterocycles. The van der Waals surface area contributed by atoms with Crippen LogP contribution in [0.1, 0.15) is 17.4 Å². The zero-order valence-electron chi connectivity index (χ0n) is 13.7. The zero-order valence-corrected chi connectivity index (χ0v) is 13.7. The Bertz CT molecular complexity index is 972. The number of phenols is 1. The van der Waals surface area contributed by atoms with E-state index < -0.39 is 0 Å². The highest BCUT2D eigenvalue weighted by Gasteiger charge is 2.21. The SMILES string of the molecule is COc1ccc2[nH]cc(C(Nc3ccc(O)cc3)c3ccco3)c2c1. The monoisotopic (exact) mass is 334 g/mol. The van der Waals surface area contributed by atoms with Gasteiger partial charge in [-0.2, -0.15) is 0 Å². The second-order valence-corrected chi connectivity index (χ2v) is 5.80. The average Bonchev–Trinajstić information content (AvgIpc) is 3.31. The van der Waals surface area contributed by atoms with E-state index in [1.165, 1.54) is 0 Å². The summed E-state index contributed by atoms with van der Waals surface area (Å²) < 4.78 is 11.0. The topological polar surface area (TPSA) is 70.4 Å². The standard InChI is InChI=1S/C20H18N2O3/c1-24-15-8-9-18-16(11-15)17(12-21-18)20(19-3-2-10-25-19)22-13-4-6-14(23)7-5-13/h2-12,20-23H,1H3. The molecule has 1 atom stereocenters. The van der Waals surface area contributed by atoms with Crippen LogP contribution in [0.15, 0.2) is 71.5 Å². The molecule has 0 aliphatic carbocycles. The summed E-state index contributed by atoms with van der Waals surface area (Å²) in [7, 11) is 1.66. The Balaban J connectivity index is 1.79. The highest BCUT2D eigenvalue weighted by molar-refractivity contribution is 5.86. The number of rotatable bonds is 5. The second kappa shape index (κ2) is 6.28. The van der Waals surface area contributed by atoms with E-state index in [0.29, 0.717) is 0 Å². The molecular formula is C20H18N2O3. The van der Waals surface area contributed by atoms with Crippen molar-refractivity contribution in [3.05, 3.63) is 78.4 Å². The maximum Gasteiger partial charge on any atom is 0.130 e. The van der Waals surface area contributed by atoms with Crippen LogP contribution in [0.3, 0.4) is 0 Å². The summed E-state index contributed by atoms with van der Waals surface area (Å²) in [6.07, 6.45) is 3.64. The molecule has 4 aromatic rings. The summed E-state index contributed by atoms with van der Waals surface area (Å²) in [5.41, 5.74) is 2.97. The summed E-state index contributed by atoms with van der Waals surface area (Å²) in [5.74, 6) is 1.84.